The fourth-order valence-corrected chi connectivity index (χ4v) is 0.671. The molecule has 0 saturated heterocycles. The zero-order valence-corrected chi connectivity index (χ0v) is 6.97. The largest absolute Gasteiger partial charge is 0.473 e. The molecule has 0 aliphatic heterocycles. The van der Waals surface area contributed by atoms with Crippen LogP contribution in [-0.2, 0) is 18.1 Å². The van der Waals surface area contributed by atoms with Crippen molar-refractivity contribution in [1.82, 2.24) is 0 Å². The van der Waals surface area contributed by atoms with E-state index in [-0.39, 0.29) is 11.0 Å². The molecular weight excluding hydrogens is 163 g/mol. The van der Waals surface area contributed by atoms with Crippen LogP contribution in [0.25, 0.3) is 0 Å². The van der Waals surface area contributed by atoms with Crippen LogP contribution >= 0.6 is 7.82 Å². The lowest BCUT2D eigenvalue weighted by Gasteiger charge is -2.08. The first-order valence-corrected chi connectivity index (χ1v) is 3.42. The Kier molecular flexibility index (Phi) is 11.8. The molecule has 0 spiro atoms. The van der Waals surface area contributed by atoms with Crippen molar-refractivity contribution >= 4 is 7.82 Å². The first kappa shape index (κ1) is 16.5. The minimum Gasteiger partial charge on any atom is -0.412 e. The molecular formula is C3H13O6P. The van der Waals surface area contributed by atoms with Crippen molar-refractivity contribution in [2.45, 2.75) is 0 Å². The Labute approximate surface area is 59.3 Å². The smallest absolute Gasteiger partial charge is 0.412 e. The van der Waals surface area contributed by atoms with Crippen molar-refractivity contribution in [3.63, 3.8) is 0 Å². The van der Waals surface area contributed by atoms with Gasteiger partial charge in [-0.2, -0.15) is 0 Å². The molecule has 0 unspecified atom stereocenters. The van der Waals surface area contributed by atoms with E-state index in [9.17, 15) is 4.57 Å². The molecule has 66 valence electrons. The van der Waals surface area contributed by atoms with Crippen molar-refractivity contribution in [2.75, 3.05) is 21.3 Å². The summed E-state index contributed by atoms with van der Waals surface area (Å²) in [5.41, 5.74) is 0. The summed E-state index contributed by atoms with van der Waals surface area (Å²) in [7, 11) is 0.611. The molecule has 0 heterocycles. The zero-order chi connectivity index (χ0) is 6.62. The van der Waals surface area contributed by atoms with E-state index < -0.39 is 7.82 Å². The van der Waals surface area contributed by atoms with Gasteiger partial charge >= 0.3 is 7.82 Å². The predicted octanol–water partition coefficient (Wildman–Crippen LogP) is -0.616. The van der Waals surface area contributed by atoms with E-state index in [4.69, 9.17) is 0 Å². The molecule has 0 atom stereocenters. The van der Waals surface area contributed by atoms with Gasteiger partial charge in [0.25, 0.3) is 0 Å². The van der Waals surface area contributed by atoms with Gasteiger partial charge in [0.1, 0.15) is 0 Å². The summed E-state index contributed by atoms with van der Waals surface area (Å²) >= 11 is 0. The van der Waals surface area contributed by atoms with E-state index in [1.54, 1.807) is 0 Å². The Morgan fingerprint density at radius 3 is 1.10 bits per heavy atom. The minimum atomic E-state index is -3.16. The van der Waals surface area contributed by atoms with E-state index in [1.807, 2.05) is 0 Å². The summed E-state index contributed by atoms with van der Waals surface area (Å²) in [6, 6.07) is 0. The fraction of sp³-hybridized carbons (Fsp3) is 1.00. The summed E-state index contributed by atoms with van der Waals surface area (Å²) < 4.78 is 23.7. The summed E-state index contributed by atoms with van der Waals surface area (Å²) in [4.78, 5) is 0. The van der Waals surface area contributed by atoms with Crippen LogP contribution in [0.1, 0.15) is 0 Å². The maximum atomic E-state index is 10.7. The van der Waals surface area contributed by atoms with Crippen LogP contribution in [-0.4, -0.2) is 32.3 Å². The van der Waals surface area contributed by atoms with E-state index >= 15 is 0 Å². The molecule has 10 heavy (non-hydrogen) atoms. The minimum absolute atomic E-state index is 0. The first-order valence-electron chi connectivity index (χ1n) is 1.96. The average molecular weight is 176 g/mol. The van der Waals surface area contributed by atoms with E-state index in [0.717, 1.165) is 0 Å². The van der Waals surface area contributed by atoms with Gasteiger partial charge in [0.15, 0.2) is 0 Å². The third-order valence-electron chi connectivity index (χ3n) is 0.671. The van der Waals surface area contributed by atoms with Gasteiger partial charge in [-0.3, -0.25) is 13.6 Å². The molecule has 0 aromatic heterocycles. The van der Waals surface area contributed by atoms with Crippen LogP contribution in [0.3, 0.4) is 0 Å². The van der Waals surface area contributed by atoms with Crippen LogP contribution in [0.2, 0.25) is 0 Å². The van der Waals surface area contributed by atoms with Crippen LogP contribution in [0.4, 0.5) is 0 Å². The topological polar surface area (TPSA) is 108 Å². The highest BCUT2D eigenvalue weighted by Gasteiger charge is 2.18. The second kappa shape index (κ2) is 7.14. The standard InChI is InChI=1S/C3H9O4P.2H2O/c1-5-8(4,6-2)7-3;;/h1-3H3;2*1H2. The third kappa shape index (κ3) is 4.87. The molecule has 0 radical (unpaired) electrons. The molecule has 0 saturated carbocycles. The highest BCUT2D eigenvalue weighted by atomic mass is 31.2. The van der Waals surface area contributed by atoms with Gasteiger partial charge in [-0.25, -0.2) is 4.57 Å². The van der Waals surface area contributed by atoms with Crippen LogP contribution in [0, 0.1) is 0 Å². The quantitative estimate of drug-likeness (QED) is 0.534. The number of phosphoric acid groups is 1. The Balaban J connectivity index is -0.000000245. The molecule has 0 amide bonds. The van der Waals surface area contributed by atoms with Gasteiger partial charge in [0.05, 0.1) is 0 Å². The summed E-state index contributed by atoms with van der Waals surface area (Å²) in [5, 5.41) is 0. The maximum absolute atomic E-state index is 10.7. The van der Waals surface area contributed by atoms with Crippen LogP contribution in [0.5, 0.6) is 0 Å². The average Bonchev–Trinajstić information content (AvgIpc) is 1.87. The van der Waals surface area contributed by atoms with Crippen molar-refractivity contribution in [2.24, 2.45) is 0 Å². The molecule has 6 nitrogen and oxygen atoms in total. The van der Waals surface area contributed by atoms with E-state index in [1.165, 1.54) is 21.3 Å². The highest BCUT2D eigenvalue weighted by Crippen LogP contribution is 2.46. The summed E-state index contributed by atoms with van der Waals surface area (Å²) in [6.45, 7) is 0. The number of hydrogen-bond donors (Lipinski definition) is 0. The lowest BCUT2D eigenvalue weighted by Crippen LogP contribution is -1.88. The molecule has 7 heteroatoms. The Morgan fingerprint density at radius 1 is 0.900 bits per heavy atom. The van der Waals surface area contributed by atoms with Crippen molar-refractivity contribution in [3.05, 3.63) is 0 Å². The molecule has 4 N–H and O–H groups in total. The van der Waals surface area contributed by atoms with E-state index in [2.05, 4.69) is 13.6 Å². The maximum Gasteiger partial charge on any atom is 0.473 e. The predicted molar refractivity (Wildman–Crippen MR) is 35.9 cm³/mol. The normalized spacial score (nSPS) is 9.50. The molecule has 0 bridgehead atoms. The highest BCUT2D eigenvalue weighted by molar-refractivity contribution is 7.48. The molecule has 0 fully saturated rings. The molecule has 0 rings (SSSR count). The van der Waals surface area contributed by atoms with Gasteiger partial charge in [-0.15, -0.1) is 0 Å². The zero-order valence-electron chi connectivity index (χ0n) is 6.08. The Bertz CT molecular complexity index is 84.1. The number of hydrogen-bond acceptors (Lipinski definition) is 4. The SMILES string of the molecule is COP(=O)(OC)OC.O.O. The molecule has 0 aliphatic carbocycles. The van der Waals surface area contributed by atoms with Gasteiger partial charge in [-0.1, -0.05) is 0 Å². The van der Waals surface area contributed by atoms with Crippen molar-refractivity contribution in [1.29, 1.82) is 0 Å². The molecule has 0 aliphatic rings. The lowest BCUT2D eigenvalue weighted by atomic mass is 11.8. The van der Waals surface area contributed by atoms with Gasteiger partial charge < -0.3 is 11.0 Å². The molecule has 0 aromatic rings. The van der Waals surface area contributed by atoms with Gasteiger partial charge in [0, 0.05) is 21.3 Å². The van der Waals surface area contributed by atoms with Crippen molar-refractivity contribution in [3.8, 4) is 0 Å². The fourth-order valence-electron chi connectivity index (χ4n) is 0.224. The van der Waals surface area contributed by atoms with Crippen LogP contribution < -0.4 is 0 Å². The Hall–Kier alpha value is 0.0300. The van der Waals surface area contributed by atoms with Gasteiger partial charge in [-0.05, 0) is 0 Å². The number of phosphoric ester groups is 1. The van der Waals surface area contributed by atoms with E-state index in [0.29, 0.717) is 0 Å². The Morgan fingerprint density at radius 2 is 1.10 bits per heavy atom. The van der Waals surface area contributed by atoms with Crippen LogP contribution in [0.15, 0.2) is 0 Å². The monoisotopic (exact) mass is 176 g/mol. The molecule has 0 aromatic carbocycles. The third-order valence-corrected chi connectivity index (χ3v) is 2.01. The van der Waals surface area contributed by atoms with Gasteiger partial charge in [0.2, 0.25) is 0 Å². The number of rotatable bonds is 3. The summed E-state index contributed by atoms with van der Waals surface area (Å²) in [6.07, 6.45) is 0. The second-order valence-electron chi connectivity index (χ2n) is 0.995. The summed E-state index contributed by atoms with van der Waals surface area (Å²) in [5.74, 6) is 0. The van der Waals surface area contributed by atoms with Crippen molar-refractivity contribution < 1.29 is 29.1 Å². The second-order valence-corrected chi connectivity index (χ2v) is 2.98. The first-order chi connectivity index (χ1) is 3.68. The lowest BCUT2D eigenvalue weighted by molar-refractivity contribution is 0.178.